The van der Waals surface area contributed by atoms with Crippen molar-refractivity contribution in [3.8, 4) is 17.1 Å². The van der Waals surface area contributed by atoms with E-state index in [1.54, 1.807) is 6.07 Å². The average Bonchev–Trinajstić information content (AvgIpc) is 3.06. The fourth-order valence-corrected chi connectivity index (χ4v) is 6.57. The molecule has 2 aliphatic rings. The van der Waals surface area contributed by atoms with Crippen LogP contribution in [0, 0.1) is 19.3 Å². The van der Waals surface area contributed by atoms with Crippen LogP contribution in [0.1, 0.15) is 50.7 Å². The number of nitrogens with zero attached hydrogens (tertiary/aromatic N) is 4. The summed E-state index contributed by atoms with van der Waals surface area (Å²) in [4.78, 5) is 15.3. The van der Waals surface area contributed by atoms with E-state index in [1.165, 1.54) is 49.9 Å². The lowest BCUT2D eigenvalue weighted by Gasteiger charge is -2.29. The van der Waals surface area contributed by atoms with E-state index >= 15 is 0 Å². The van der Waals surface area contributed by atoms with E-state index in [4.69, 9.17) is 4.98 Å². The van der Waals surface area contributed by atoms with E-state index in [2.05, 4.69) is 83.6 Å². The highest BCUT2D eigenvalue weighted by atomic mass is 32.2. The number of rotatable bonds is 6. The van der Waals surface area contributed by atoms with Gasteiger partial charge in [-0.25, -0.2) is 4.98 Å². The molecule has 7 heteroatoms. The molecular weight excluding hydrogens is 478 g/mol. The Labute approximate surface area is 225 Å². The minimum absolute atomic E-state index is 0.0377. The summed E-state index contributed by atoms with van der Waals surface area (Å²) in [6.45, 7) is 13.4. The predicted octanol–water partition coefficient (Wildman–Crippen LogP) is 6.68. The molecule has 2 heterocycles. The van der Waals surface area contributed by atoms with Gasteiger partial charge >= 0.3 is 0 Å². The van der Waals surface area contributed by atoms with Crippen molar-refractivity contribution in [3.05, 3.63) is 59.7 Å². The van der Waals surface area contributed by atoms with Gasteiger partial charge in [-0.15, -0.1) is 0 Å². The second-order valence-corrected chi connectivity index (χ2v) is 12.2. The molecule has 6 nitrogen and oxygen atoms in total. The lowest BCUT2D eigenvalue weighted by molar-refractivity contribution is 0.199. The van der Waals surface area contributed by atoms with E-state index in [1.807, 2.05) is 6.07 Å². The van der Waals surface area contributed by atoms with Crippen LogP contribution < -0.4 is 9.62 Å². The Morgan fingerprint density at radius 2 is 1.76 bits per heavy atom. The number of hydrogen-bond acceptors (Lipinski definition) is 7. The van der Waals surface area contributed by atoms with Crippen LogP contribution in [0.4, 0.5) is 11.6 Å². The van der Waals surface area contributed by atoms with Gasteiger partial charge in [-0.3, -0.25) is 9.62 Å². The molecule has 2 aromatic carbocycles. The molecule has 2 fully saturated rings. The van der Waals surface area contributed by atoms with Gasteiger partial charge in [0.05, 0.1) is 5.69 Å². The third kappa shape index (κ3) is 6.21. The van der Waals surface area contributed by atoms with E-state index in [0.29, 0.717) is 11.4 Å². The van der Waals surface area contributed by atoms with Gasteiger partial charge in [0.15, 0.2) is 0 Å². The SMILES string of the molecule is Cc1cccc(C)c1-c1cc(O)nc(NSc2cccc(N3CCCN(C4CCC(C)(C)C4)CC3)c2)n1. The van der Waals surface area contributed by atoms with Gasteiger partial charge in [0.1, 0.15) is 0 Å². The van der Waals surface area contributed by atoms with Gasteiger partial charge in [0, 0.05) is 54.4 Å². The smallest absolute Gasteiger partial charge is 0.237 e. The second kappa shape index (κ2) is 10.9. The van der Waals surface area contributed by atoms with Crippen molar-refractivity contribution < 1.29 is 5.11 Å². The topological polar surface area (TPSA) is 64.5 Å². The van der Waals surface area contributed by atoms with E-state index in [0.717, 1.165) is 53.0 Å². The largest absolute Gasteiger partial charge is 0.493 e. The molecule has 0 spiro atoms. The van der Waals surface area contributed by atoms with Gasteiger partial charge < -0.3 is 10.0 Å². The lowest BCUT2D eigenvalue weighted by Crippen LogP contribution is -2.37. The van der Waals surface area contributed by atoms with Crippen molar-refractivity contribution in [1.82, 2.24) is 14.9 Å². The van der Waals surface area contributed by atoms with Crippen LogP contribution in [0.15, 0.2) is 53.4 Å². The highest BCUT2D eigenvalue weighted by molar-refractivity contribution is 8.00. The fourth-order valence-electron chi connectivity index (χ4n) is 5.95. The Hall–Kier alpha value is -2.77. The van der Waals surface area contributed by atoms with Gasteiger partial charge in [-0.2, -0.15) is 4.98 Å². The molecule has 1 unspecified atom stereocenters. The van der Waals surface area contributed by atoms with Crippen molar-refractivity contribution in [1.29, 1.82) is 0 Å². The van der Waals surface area contributed by atoms with E-state index in [-0.39, 0.29) is 5.88 Å². The van der Waals surface area contributed by atoms with Crippen molar-refractivity contribution in [2.75, 3.05) is 35.8 Å². The van der Waals surface area contributed by atoms with Crippen LogP contribution in [0.3, 0.4) is 0 Å². The first-order valence-corrected chi connectivity index (χ1v) is 14.3. The average molecular weight is 518 g/mol. The van der Waals surface area contributed by atoms with Crippen LogP contribution >= 0.6 is 11.9 Å². The van der Waals surface area contributed by atoms with Crippen molar-refractivity contribution >= 4 is 23.6 Å². The maximum Gasteiger partial charge on any atom is 0.237 e. The molecule has 0 bridgehead atoms. The second-order valence-electron chi connectivity index (χ2n) is 11.3. The minimum atomic E-state index is -0.0377. The summed E-state index contributed by atoms with van der Waals surface area (Å²) in [6.07, 6.45) is 5.21. The summed E-state index contributed by atoms with van der Waals surface area (Å²) in [5.41, 5.74) is 5.75. The lowest BCUT2D eigenvalue weighted by atomic mass is 9.91. The Kier molecular flexibility index (Phi) is 7.63. The molecule has 1 aliphatic heterocycles. The molecule has 1 aromatic heterocycles. The first kappa shape index (κ1) is 25.9. The number of aryl methyl sites for hydroxylation is 2. The van der Waals surface area contributed by atoms with Crippen molar-refractivity contribution in [3.63, 3.8) is 0 Å². The molecule has 1 atom stereocenters. The minimum Gasteiger partial charge on any atom is -0.493 e. The quantitative estimate of drug-likeness (QED) is 0.354. The molecule has 5 rings (SSSR count). The molecular formula is C30H39N5OS. The molecule has 2 N–H and O–H groups in total. The number of hydrogen-bond donors (Lipinski definition) is 2. The fraction of sp³-hybridized carbons (Fsp3) is 0.467. The van der Waals surface area contributed by atoms with E-state index in [9.17, 15) is 5.11 Å². The van der Waals surface area contributed by atoms with Crippen LogP contribution in [0.2, 0.25) is 0 Å². The Balaban J connectivity index is 1.24. The monoisotopic (exact) mass is 517 g/mol. The summed E-state index contributed by atoms with van der Waals surface area (Å²) in [5.74, 6) is 0.363. The third-order valence-corrected chi connectivity index (χ3v) is 8.66. The number of benzene rings is 2. The first-order chi connectivity index (χ1) is 17.8. The molecule has 1 saturated carbocycles. The predicted molar refractivity (Wildman–Crippen MR) is 154 cm³/mol. The van der Waals surface area contributed by atoms with Crippen LogP contribution in [0.25, 0.3) is 11.3 Å². The number of nitrogens with one attached hydrogen (secondary N) is 1. The Morgan fingerprint density at radius 3 is 2.51 bits per heavy atom. The van der Waals surface area contributed by atoms with E-state index < -0.39 is 0 Å². The van der Waals surface area contributed by atoms with Gasteiger partial charge in [-0.05, 0) is 86.2 Å². The summed E-state index contributed by atoms with van der Waals surface area (Å²) < 4.78 is 3.25. The van der Waals surface area contributed by atoms with Crippen molar-refractivity contribution in [2.24, 2.45) is 5.41 Å². The van der Waals surface area contributed by atoms with Crippen LogP contribution in [-0.2, 0) is 0 Å². The highest BCUT2D eigenvalue weighted by Crippen LogP contribution is 2.39. The third-order valence-electron chi connectivity index (χ3n) is 7.88. The van der Waals surface area contributed by atoms with Crippen LogP contribution in [0.5, 0.6) is 5.88 Å². The van der Waals surface area contributed by atoms with Gasteiger partial charge in [0.25, 0.3) is 0 Å². The molecule has 0 radical (unpaired) electrons. The Morgan fingerprint density at radius 1 is 0.973 bits per heavy atom. The molecule has 1 aliphatic carbocycles. The summed E-state index contributed by atoms with van der Waals surface area (Å²) in [6, 6.07) is 17.2. The zero-order valence-electron chi connectivity index (χ0n) is 22.5. The number of aromatic nitrogens is 2. The molecule has 196 valence electrons. The van der Waals surface area contributed by atoms with Crippen LogP contribution in [-0.4, -0.2) is 52.2 Å². The first-order valence-electron chi connectivity index (χ1n) is 13.4. The summed E-state index contributed by atoms with van der Waals surface area (Å²) in [7, 11) is 0. The zero-order chi connectivity index (χ0) is 26.0. The summed E-state index contributed by atoms with van der Waals surface area (Å²) >= 11 is 1.48. The normalized spacial score (nSPS) is 20.1. The highest BCUT2D eigenvalue weighted by Gasteiger charge is 2.34. The number of anilines is 2. The zero-order valence-corrected chi connectivity index (χ0v) is 23.3. The Bertz CT molecular complexity index is 1230. The van der Waals surface area contributed by atoms with Crippen molar-refractivity contribution in [2.45, 2.75) is 64.3 Å². The standard InChI is InChI=1S/C30H39N5OS/c1-21-8-5-9-22(2)28(21)26-19-27(36)32-29(31-26)33-37-25-11-6-10-23(18-25)34-14-7-15-35(17-16-34)24-12-13-30(3,4)20-24/h5-6,8-11,18-19,24H,7,12-17,20H2,1-4H3,(H2,31,32,33,36). The summed E-state index contributed by atoms with van der Waals surface area (Å²) in [5, 5.41) is 10.3. The molecule has 37 heavy (non-hydrogen) atoms. The van der Waals surface area contributed by atoms with Gasteiger partial charge in [-0.1, -0.05) is 38.1 Å². The molecule has 0 amide bonds. The van der Waals surface area contributed by atoms with Gasteiger partial charge in [0.2, 0.25) is 11.8 Å². The maximum atomic E-state index is 10.3. The maximum absolute atomic E-state index is 10.3. The molecule has 1 saturated heterocycles. The molecule has 3 aromatic rings. The number of aromatic hydroxyl groups is 1.